The maximum Gasteiger partial charge on any atom is 0.225 e. The molecule has 0 radical (unpaired) electrons. The molecule has 1 aromatic carbocycles. The summed E-state index contributed by atoms with van der Waals surface area (Å²) in [5, 5.41) is 0.685. The highest BCUT2D eigenvalue weighted by Gasteiger charge is 2.21. The molecular formula is C12H12BrClN6. The summed E-state index contributed by atoms with van der Waals surface area (Å²) >= 11 is 9.59. The van der Waals surface area contributed by atoms with Crippen molar-refractivity contribution in [3.8, 4) is 0 Å². The summed E-state index contributed by atoms with van der Waals surface area (Å²) in [4.78, 5) is 14.1. The predicted octanol–water partition coefficient (Wildman–Crippen LogP) is 2.01. The normalized spacial score (nSPS) is 13.6. The van der Waals surface area contributed by atoms with Crippen molar-refractivity contribution in [2.45, 2.75) is 13.0 Å². The Balaban J connectivity index is 1.90. The molecule has 4 N–H and O–H groups in total. The number of nitrogen functional groups attached to an aromatic ring is 2. The Morgan fingerprint density at radius 2 is 1.90 bits per heavy atom. The second-order valence-corrected chi connectivity index (χ2v) is 5.80. The first-order valence-corrected chi connectivity index (χ1v) is 7.19. The van der Waals surface area contributed by atoms with Crippen LogP contribution in [0.4, 0.5) is 17.6 Å². The lowest BCUT2D eigenvalue weighted by molar-refractivity contribution is 0.781. The summed E-state index contributed by atoms with van der Waals surface area (Å²) in [5.74, 6) is 0.836. The average molecular weight is 356 g/mol. The van der Waals surface area contributed by atoms with E-state index in [1.807, 2.05) is 12.1 Å². The molecule has 0 saturated carbocycles. The minimum absolute atomic E-state index is 0.140. The van der Waals surface area contributed by atoms with Crippen LogP contribution in [0.3, 0.4) is 0 Å². The maximum absolute atomic E-state index is 6.16. The van der Waals surface area contributed by atoms with Crippen LogP contribution < -0.4 is 16.4 Å². The van der Waals surface area contributed by atoms with Crippen molar-refractivity contribution in [3.05, 3.63) is 33.0 Å². The lowest BCUT2D eigenvalue weighted by atomic mass is 10.2. The van der Waals surface area contributed by atoms with E-state index in [2.05, 4.69) is 35.8 Å². The zero-order chi connectivity index (χ0) is 14.3. The first kappa shape index (κ1) is 13.4. The smallest absolute Gasteiger partial charge is 0.225 e. The van der Waals surface area contributed by atoms with Gasteiger partial charge in [0.2, 0.25) is 11.9 Å². The van der Waals surface area contributed by atoms with Crippen molar-refractivity contribution in [3.63, 3.8) is 0 Å². The fourth-order valence-corrected chi connectivity index (χ4v) is 2.86. The standard InChI is InChI=1S/C12H12BrClN6/c13-7-3-6-1-2-20(9(6)4-8(7)14)5-10-17-11(15)19-12(16)18-10/h3-4H,1-2,5H2,(H4,15,16,17,18,19). The van der Waals surface area contributed by atoms with Gasteiger partial charge in [0.15, 0.2) is 5.82 Å². The second kappa shape index (κ2) is 5.06. The Morgan fingerprint density at radius 1 is 1.20 bits per heavy atom. The average Bonchev–Trinajstić information content (AvgIpc) is 2.71. The van der Waals surface area contributed by atoms with Gasteiger partial charge in [-0.1, -0.05) is 11.6 Å². The van der Waals surface area contributed by atoms with E-state index >= 15 is 0 Å². The quantitative estimate of drug-likeness (QED) is 0.856. The summed E-state index contributed by atoms with van der Waals surface area (Å²) in [5.41, 5.74) is 13.5. The molecule has 0 aliphatic carbocycles. The highest BCUT2D eigenvalue weighted by Crippen LogP contribution is 2.36. The number of hydrogen-bond acceptors (Lipinski definition) is 6. The van der Waals surface area contributed by atoms with E-state index in [1.54, 1.807) is 0 Å². The van der Waals surface area contributed by atoms with Crippen LogP contribution in [0.1, 0.15) is 11.4 Å². The number of hydrogen-bond donors (Lipinski definition) is 2. The van der Waals surface area contributed by atoms with Crippen molar-refractivity contribution in [2.24, 2.45) is 0 Å². The number of nitrogens with zero attached hydrogens (tertiary/aromatic N) is 4. The molecule has 1 aliphatic rings. The Hall–Kier alpha value is -1.60. The fraction of sp³-hybridized carbons (Fsp3) is 0.250. The molecule has 3 rings (SSSR count). The third-order valence-electron chi connectivity index (χ3n) is 3.16. The van der Waals surface area contributed by atoms with Gasteiger partial charge in [0.1, 0.15) is 0 Å². The summed E-state index contributed by atoms with van der Waals surface area (Å²) in [6.45, 7) is 1.41. The third kappa shape index (κ3) is 2.51. The first-order chi connectivity index (χ1) is 9.52. The number of anilines is 3. The summed E-state index contributed by atoms with van der Waals surface area (Å²) < 4.78 is 0.911. The summed E-state index contributed by atoms with van der Waals surface area (Å²) in [6, 6.07) is 4.00. The summed E-state index contributed by atoms with van der Waals surface area (Å²) in [7, 11) is 0. The van der Waals surface area contributed by atoms with Gasteiger partial charge in [-0.05, 0) is 40.0 Å². The van der Waals surface area contributed by atoms with Crippen LogP contribution >= 0.6 is 27.5 Å². The molecule has 0 fully saturated rings. The van der Waals surface area contributed by atoms with Crippen molar-refractivity contribution >= 4 is 45.1 Å². The monoisotopic (exact) mass is 354 g/mol. The number of rotatable bonds is 2. The molecule has 8 heteroatoms. The molecule has 1 aromatic heterocycles. The Kier molecular flexibility index (Phi) is 3.39. The minimum Gasteiger partial charge on any atom is -0.368 e. The topological polar surface area (TPSA) is 93.9 Å². The molecule has 0 bridgehead atoms. The van der Waals surface area contributed by atoms with Crippen LogP contribution in [0.5, 0.6) is 0 Å². The van der Waals surface area contributed by atoms with Crippen LogP contribution in [0.25, 0.3) is 0 Å². The molecule has 6 nitrogen and oxygen atoms in total. The number of aromatic nitrogens is 3. The molecule has 0 unspecified atom stereocenters. The lowest BCUT2D eigenvalue weighted by Crippen LogP contribution is -2.22. The third-order valence-corrected chi connectivity index (χ3v) is 4.36. The van der Waals surface area contributed by atoms with E-state index in [4.69, 9.17) is 23.1 Å². The Labute approximate surface area is 129 Å². The van der Waals surface area contributed by atoms with Crippen molar-refractivity contribution in [1.82, 2.24) is 15.0 Å². The van der Waals surface area contributed by atoms with Gasteiger partial charge in [-0.15, -0.1) is 0 Å². The van der Waals surface area contributed by atoms with Crippen molar-refractivity contribution in [1.29, 1.82) is 0 Å². The second-order valence-electron chi connectivity index (χ2n) is 4.53. The van der Waals surface area contributed by atoms with Crippen molar-refractivity contribution in [2.75, 3.05) is 22.9 Å². The van der Waals surface area contributed by atoms with Gasteiger partial charge >= 0.3 is 0 Å². The van der Waals surface area contributed by atoms with E-state index in [0.717, 1.165) is 23.1 Å². The summed E-state index contributed by atoms with van der Waals surface area (Å²) in [6.07, 6.45) is 0.959. The SMILES string of the molecule is Nc1nc(N)nc(CN2CCc3cc(Br)c(Cl)cc32)n1. The van der Waals surface area contributed by atoms with Crippen LogP contribution in [0.15, 0.2) is 16.6 Å². The van der Waals surface area contributed by atoms with E-state index in [-0.39, 0.29) is 11.9 Å². The largest absolute Gasteiger partial charge is 0.368 e. The zero-order valence-electron chi connectivity index (χ0n) is 10.5. The van der Waals surface area contributed by atoms with Gasteiger partial charge in [0.05, 0.1) is 11.6 Å². The minimum atomic E-state index is 0.140. The van der Waals surface area contributed by atoms with E-state index in [9.17, 15) is 0 Å². The molecular weight excluding hydrogens is 344 g/mol. The number of benzene rings is 1. The van der Waals surface area contributed by atoms with E-state index in [1.165, 1.54) is 5.56 Å². The van der Waals surface area contributed by atoms with Crippen LogP contribution in [-0.4, -0.2) is 21.5 Å². The zero-order valence-corrected chi connectivity index (χ0v) is 12.8. The van der Waals surface area contributed by atoms with Gasteiger partial charge in [-0.3, -0.25) is 0 Å². The fourth-order valence-electron chi connectivity index (χ4n) is 2.31. The Morgan fingerprint density at radius 3 is 2.60 bits per heavy atom. The highest BCUT2D eigenvalue weighted by atomic mass is 79.9. The molecule has 104 valence electrons. The highest BCUT2D eigenvalue weighted by molar-refractivity contribution is 9.10. The van der Waals surface area contributed by atoms with E-state index < -0.39 is 0 Å². The predicted molar refractivity (Wildman–Crippen MR) is 82.6 cm³/mol. The lowest BCUT2D eigenvalue weighted by Gasteiger charge is -2.18. The molecule has 0 saturated heterocycles. The van der Waals surface area contributed by atoms with E-state index in [0.29, 0.717) is 17.4 Å². The molecule has 0 spiro atoms. The molecule has 2 aromatic rings. The molecule has 1 aliphatic heterocycles. The number of halogens is 2. The van der Waals surface area contributed by atoms with Gasteiger partial charge in [-0.2, -0.15) is 15.0 Å². The number of nitrogens with two attached hydrogens (primary N) is 2. The van der Waals surface area contributed by atoms with Crippen molar-refractivity contribution < 1.29 is 0 Å². The molecule has 2 heterocycles. The Bertz CT molecular complexity index is 657. The van der Waals surface area contributed by atoms with Gasteiger partial charge in [0.25, 0.3) is 0 Å². The maximum atomic E-state index is 6.16. The van der Waals surface area contributed by atoms with Crippen LogP contribution in [0.2, 0.25) is 5.02 Å². The number of fused-ring (bicyclic) bond motifs is 1. The van der Waals surface area contributed by atoms with Crippen LogP contribution in [-0.2, 0) is 13.0 Å². The molecule has 20 heavy (non-hydrogen) atoms. The van der Waals surface area contributed by atoms with Gasteiger partial charge < -0.3 is 16.4 Å². The molecule has 0 amide bonds. The first-order valence-electron chi connectivity index (χ1n) is 6.01. The van der Waals surface area contributed by atoms with Gasteiger partial charge in [0, 0.05) is 16.7 Å². The van der Waals surface area contributed by atoms with Gasteiger partial charge in [-0.25, -0.2) is 0 Å². The molecule has 0 atom stereocenters. The van der Waals surface area contributed by atoms with Crippen LogP contribution in [0, 0.1) is 0 Å².